The van der Waals surface area contributed by atoms with Crippen LogP contribution < -0.4 is 9.47 Å². The van der Waals surface area contributed by atoms with Crippen molar-refractivity contribution in [1.82, 2.24) is 0 Å². The van der Waals surface area contributed by atoms with Gasteiger partial charge in [-0.05, 0) is 12.1 Å². The normalized spacial score (nSPS) is 33.2. The first-order valence-corrected chi connectivity index (χ1v) is 6.26. The van der Waals surface area contributed by atoms with E-state index in [1.807, 2.05) is 18.2 Å². The standard InChI is InChI=1S/C14H18O5/c1-13-7-17-14(18-8-13,19-9-13)12-10(15-2)5-4-6-11(12)16-3/h4-6H,7-9H2,1-3H3. The molecule has 1 aromatic rings. The number of hydrogen-bond acceptors (Lipinski definition) is 5. The lowest BCUT2D eigenvalue weighted by molar-refractivity contribution is -0.478. The minimum Gasteiger partial charge on any atom is -0.496 e. The molecule has 0 atom stereocenters. The number of rotatable bonds is 3. The monoisotopic (exact) mass is 266 g/mol. The zero-order valence-electron chi connectivity index (χ0n) is 11.4. The predicted octanol–water partition coefficient (Wildman–Crippen LogP) is 1.90. The van der Waals surface area contributed by atoms with E-state index in [9.17, 15) is 0 Å². The number of ether oxygens (including phenoxy) is 5. The molecule has 2 bridgehead atoms. The molecule has 0 amide bonds. The van der Waals surface area contributed by atoms with Gasteiger partial charge in [-0.2, -0.15) is 0 Å². The first-order valence-electron chi connectivity index (χ1n) is 6.26. The number of hydrogen-bond donors (Lipinski definition) is 0. The molecule has 0 aliphatic carbocycles. The van der Waals surface area contributed by atoms with Gasteiger partial charge in [-0.15, -0.1) is 0 Å². The predicted molar refractivity (Wildman–Crippen MR) is 67.2 cm³/mol. The van der Waals surface area contributed by atoms with E-state index in [0.29, 0.717) is 36.9 Å². The lowest BCUT2D eigenvalue weighted by Crippen LogP contribution is -2.57. The highest BCUT2D eigenvalue weighted by molar-refractivity contribution is 5.47. The third kappa shape index (κ3) is 1.89. The molecule has 5 nitrogen and oxygen atoms in total. The Balaban J connectivity index is 2.06. The Kier molecular flexibility index (Phi) is 2.92. The second-order valence-corrected chi connectivity index (χ2v) is 5.27. The van der Waals surface area contributed by atoms with Crippen LogP contribution in [0.1, 0.15) is 12.5 Å². The van der Waals surface area contributed by atoms with Gasteiger partial charge in [-0.3, -0.25) is 0 Å². The maximum Gasteiger partial charge on any atom is 0.319 e. The second-order valence-electron chi connectivity index (χ2n) is 5.27. The topological polar surface area (TPSA) is 46.2 Å². The van der Waals surface area contributed by atoms with E-state index in [0.717, 1.165) is 0 Å². The second kappa shape index (κ2) is 4.37. The van der Waals surface area contributed by atoms with E-state index in [1.54, 1.807) is 14.2 Å². The lowest BCUT2D eigenvalue weighted by atomic mass is 9.91. The minimum atomic E-state index is -1.21. The SMILES string of the molecule is COc1cccc(OC)c1C12OCC(C)(CO1)CO2. The van der Waals surface area contributed by atoms with Crippen LogP contribution in [0.15, 0.2) is 18.2 Å². The smallest absolute Gasteiger partial charge is 0.319 e. The quantitative estimate of drug-likeness (QED) is 0.836. The average molecular weight is 266 g/mol. The number of methoxy groups -OCH3 is 2. The molecule has 0 radical (unpaired) electrons. The first-order chi connectivity index (χ1) is 9.12. The fraction of sp³-hybridized carbons (Fsp3) is 0.571. The van der Waals surface area contributed by atoms with Gasteiger partial charge in [0.1, 0.15) is 17.1 Å². The van der Waals surface area contributed by atoms with Gasteiger partial charge in [0.2, 0.25) is 0 Å². The molecule has 3 aliphatic rings. The van der Waals surface area contributed by atoms with Crippen molar-refractivity contribution in [2.75, 3.05) is 34.0 Å². The summed E-state index contributed by atoms with van der Waals surface area (Å²) in [6.45, 7) is 3.85. The molecular formula is C14H18O5. The van der Waals surface area contributed by atoms with Crippen LogP contribution in [0, 0.1) is 5.41 Å². The molecule has 1 aromatic carbocycles. The van der Waals surface area contributed by atoms with Crippen LogP contribution >= 0.6 is 0 Å². The zero-order chi connectivity index (χ0) is 13.5. The van der Waals surface area contributed by atoms with Crippen molar-refractivity contribution in [2.24, 2.45) is 5.41 Å². The van der Waals surface area contributed by atoms with Crippen molar-refractivity contribution >= 4 is 0 Å². The van der Waals surface area contributed by atoms with Gasteiger partial charge in [0.05, 0.1) is 34.0 Å². The molecular weight excluding hydrogens is 248 g/mol. The zero-order valence-corrected chi connectivity index (χ0v) is 11.4. The lowest BCUT2D eigenvalue weighted by Gasteiger charge is -2.50. The maximum absolute atomic E-state index is 5.83. The average Bonchev–Trinajstić information content (AvgIpc) is 2.47. The summed E-state index contributed by atoms with van der Waals surface area (Å²) in [7, 11) is 3.20. The molecule has 19 heavy (non-hydrogen) atoms. The fourth-order valence-corrected chi connectivity index (χ4v) is 2.43. The van der Waals surface area contributed by atoms with Crippen molar-refractivity contribution in [1.29, 1.82) is 0 Å². The third-order valence-corrected chi connectivity index (χ3v) is 3.57. The van der Waals surface area contributed by atoms with Gasteiger partial charge >= 0.3 is 5.97 Å². The van der Waals surface area contributed by atoms with Gasteiger partial charge in [0.15, 0.2) is 0 Å². The highest BCUT2D eigenvalue weighted by Crippen LogP contribution is 2.49. The molecule has 0 N–H and O–H groups in total. The Morgan fingerprint density at radius 2 is 1.42 bits per heavy atom. The summed E-state index contributed by atoms with van der Waals surface area (Å²) in [6.07, 6.45) is 0. The van der Waals surface area contributed by atoms with Crippen molar-refractivity contribution in [3.63, 3.8) is 0 Å². The van der Waals surface area contributed by atoms with Gasteiger partial charge in [-0.25, -0.2) is 0 Å². The molecule has 104 valence electrons. The van der Waals surface area contributed by atoms with Gasteiger partial charge in [0, 0.05) is 5.41 Å². The molecule has 0 saturated carbocycles. The summed E-state index contributed by atoms with van der Waals surface area (Å²) in [5, 5.41) is 0. The molecule has 0 unspecified atom stereocenters. The molecule has 3 heterocycles. The Labute approximate surface area is 112 Å². The van der Waals surface area contributed by atoms with Crippen molar-refractivity contribution in [2.45, 2.75) is 12.9 Å². The summed E-state index contributed by atoms with van der Waals surface area (Å²) >= 11 is 0. The summed E-state index contributed by atoms with van der Waals surface area (Å²) in [4.78, 5) is 0. The third-order valence-electron chi connectivity index (χ3n) is 3.57. The van der Waals surface area contributed by atoms with Crippen molar-refractivity contribution < 1.29 is 23.7 Å². The van der Waals surface area contributed by atoms with Crippen molar-refractivity contribution in [3.8, 4) is 11.5 Å². The van der Waals surface area contributed by atoms with Crippen LogP contribution in [-0.4, -0.2) is 34.0 Å². The van der Waals surface area contributed by atoms with E-state index < -0.39 is 5.97 Å². The van der Waals surface area contributed by atoms with Crippen LogP contribution in [0.2, 0.25) is 0 Å². The number of fused-ring (bicyclic) bond motifs is 3. The maximum atomic E-state index is 5.83. The minimum absolute atomic E-state index is 0.0724. The summed E-state index contributed by atoms with van der Waals surface area (Å²) in [6, 6.07) is 5.53. The Bertz CT molecular complexity index is 438. The summed E-state index contributed by atoms with van der Waals surface area (Å²) in [5.74, 6) is 0.0464. The molecule has 4 rings (SSSR count). The molecule has 3 fully saturated rings. The van der Waals surface area contributed by atoms with Crippen LogP contribution in [-0.2, 0) is 20.2 Å². The summed E-state index contributed by atoms with van der Waals surface area (Å²) in [5.41, 5.74) is 0.582. The van der Waals surface area contributed by atoms with E-state index in [-0.39, 0.29) is 5.41 Å². The highest BCUT2D eigenvalue weighted by Gasteiger charge is 2.54. The first kappa shape index (κ1) is 12.7. The fourth-order valence-electron chi connectivity index (χ4n) is 2.43. The molecule has 3 aliphatic heterocycles. The van der Waals surface area contributed by atoms with Gasteiger partial charge in [-0.1, -0.05) is 13.0 Å². The van der Waals surface area contributed by atoms with Crippen LogP contribution in [0.5, 0.6) is 11.5 Å². The van der Waals surface area contributed by atoms with Crippen LogP contribution in [0.25, 0.3) is 0 Å². The summed E-state index contributed by atoms with van der Waals surface area (Å²) < 4.78 is 28.3. The van der Waals surface area contributed by atoms with E-state index >= 15 is 0 Å². The molecule has 3 saturated heterocycles. The highest BCUT2D eigenvalue weighted by atomic mass is 16.9. The van der Waals surface area contributed by atoms with Crippen LogP contribution in [0.3, 0.4) is 0 Å². The molecule has 0 aromatic heterocycles. The van der Waals surface area contributed by atoms with Gasteiger partial charge in [0.25, 0.3) is 0 Å². The van der Waals surface area contributed by atoms with Crippen LogP contribution in [0.4, 0.5) is 0 Å². The molecule has 0 spiro atoms. The Hall–Kier alpha value is -1.30. The van der Waals surface area contributed by atoms with E-state index in [2.05, 4.69) is 6.92 Å². The Morgan fingerprint density at radius 3 is 1.84 bits per heavy atom. The van der Waals surface area contributed by atoms with E-state index in [4.69, 9.17) is 23.7 Å². The van der Waals surface area contributed by atoms with Crippen molar-refractivity contribution in [3.05, 3.63) is 23.8 Å². The molecule has 5 heteroatoms. The van der Waals surface area contributed by atoms with Gasteiger partial charge < -0.3 is 23.7 Å². The number of benzene rings is 1. The van der Waals surface area contributed by atoms with E-state index in [1.165, 1.54) is 0 Å². The Morgan fingerprint density at radius 1 is 0.947 bits per heavy atom. The largest absolute Gasteiger partial charge is 0.496 e.